The van der Waals surface area contributed by atoms with Crippen molar-refractivity contribution in [2.45, 2.75) is 65.5 Å². The molecular formula is C16H30N2O3. The van der Waals surface area contributed by atoms with Gasteiger partial charge < -0.3 is 10.4 Å². The highest BCUT2D eigenvalue weighted by Crippen LogP contribution is 2.29. The van der Waals surface area contributed by atoms with Crippen LogP contribution >= 0.6 is 0 Å². The van der Waals surface area contributed by atoms with Crippen molar-refractivity contribution in [3.63, 3.8) is 0 Å². The summed E-state index contributed by atoms with van der Waals surface area (Å²) in [5.41, 5.74) is 0. The number of carbonyl (C=O) groups excluding carboxylic acids is 1. The fourth-order valence-electron chi connectivity index (χ4n) is 3.02. The van der Waals surface area contributed by atoms with E-state index in [-0.39, 0.29) is 31.1 Å². The van der Waals surface area contributed by atoms with Gasteiger partial charge in [-0.25, -0.2) is 0 Å². The van der Waals surface area contributed by atoms with E-state index in [1.54, 1.807) is 4.90 Å². The Bertz CT molecular complexity index is 359. The van der Waals surface area contributed by atoms with Gasteiger partial charge in [0.05, 0.1) is 13.1 Å². The first-order valence-corrected chi connectivity index (χ1v) is 8.10. The highest BCUT2D eigenvalue weighted by Gasteiger charge is 2.29. The molecule has 0 aromatic heterocycles. The van der Waals surface area contributed by atoms with E-state index in [1.165, 1.54) is 6.42 Å². The number of aliphatic carboxylic acids is 1. The number of carboxylic acids is 1. The summed E-state index contributed by atoms with van der Waals surface area (Å²) in [6.45, 7) is 8.47. The van der Waals surface area contributed by atoms with Gasteiger partial charge in [0.25, 0.3) is 0 Å². The van der Waals surface area contributed by atoms with Gasteiger partial charge in [-0.2, -0.15) is 0 Å². The molecule has 1 fully saturated rings. The maximum Gasteiger partial charge on any atom is 0.317 e. The Morgan fingerprint density at radius 1 is 1.29 bits per heavy atom. The Hall–Kier alpha value is -1.10. The van der Waals surface area contributed by atoms with Crippen LogP contribution in [-0.2, 0) is 9.59 Å². The molecule has 5 nitrogen and oxygen atoms in total. The van der Waals surface area contributed by atoms with Crippen LogP contribution in [0.2, 0.25) is 0 Å². The first-order valence-electron chi connectivity index (χ1n) is 8.10. The summed E-state index contributed by atoms with van der Waals surface area (Å²) in [5, 5.41) is 12.1. The largest absolute Gasteiger partial charge is 0.480 e. The molecule has 0 unspecified atom stereocenters. The van der Waals surface area contributed by atoms with Gasteiger partial charge in [0, 0.05) is 12.1 Å². The summed E-state index contributed by atoms with van der Waals surface area (Å²) in [7, 11) is 0. The molecule has 1 aliphatic rings. The Labute approximate surface area is 128 Å². The van der Waals surface area contributed by atoms with Crippen LogP contribution in [0.4, 0.5) is 0 Å². The molecule has 122 valence electrons. The lowest BCUT2D eigenvalue weighted by atomic mass is 9.78. The minimum Gasteiger partial charge on any atom is -0.480 e. The Kier molecular flexibility index (Phi) is 7.15. The molecular weight excluding hydrogens is 268 g/mol. The molecule has 4 atom stereocenters. The topological polar surface area (TPSA) is 69.6 Å². The standard InChI is InChI=1S/C16H30N2O3/c1-5-12(3)18(10-16(20)21)9-15(19)17-14-8-6-7-11(2)13(14)4/h11-14H,5-10H2,1-4H3,(H,17,19)(H,20,21)/t11-,12+,13+,14-/m1/s1. The Morgan fingerprint density at radius 3 is 2.52 bits per heavy atom. The van der Waals surface area contributed by atoms with Crippen LogP contribution in [0.3, 0.4) is 0 Å². The normalized spacial score (nSPS) is 27.4. The molecule has 0 aromatic carbocycles. The van der Waals surface area contributed by atoms with Crippen LogP contribution in [0.15, 0.2) is 0 Å². The molecule has 0 radical (unpaired) electrons. The van der Waals surface area contributed by atoms with Crippen molar-refractivity contribution in [3.05, 3.63) is 0 Å². The number of rotatable bonds is 7. The van der Waals surface area contributed by atoms with Gasteiger partial charge in [0.15, 0.2) is 0 Å². The molecule has 5 heteroatoms. The van der Waals surface area contributed by atoms with Crippen LogP contribution in [0.25, 0.3) is 0 Å². The summed E-state index contributed by atoms with van der Waals surface area (Å²) in [6, 6.07) is 0.319. The fraction of sp³-hybridized carbons (Fsp3) is 0.875. The number of amides is 1. The van der Waals surface area contributed by atoms with E-state index in [9.17, 15) is 9.59 Å². The Morgan fingerprint density at radius 2 is 1.95 bits per heavy atom. The molecule has 21 heavy (non-hydrogen) atoms. The number of nitrogens with one attached hydrogen (secondary N) is 1. The number of carboxylic acid groups (broad SMARTS) is 1. The van der Waals surface area contributed by atoms with E-state index in [2.05, 4.69) is 19.2 Å². The van der Waals surface area contributed by atoms with E-state index < -0.39 is 5.97 Å². The molecule has 0 heterocycles. The molecule has 1 saturated carbocycles. The van der Waals surface area contributed by atoms with Gasteiger partial charge in [-0.1, -0.05) is 33.6 Å². The third-order valence-corrected chi connectivity index (χ3v) is 4.95. The third kappa shape index (κ3) is 5.65. The quantitative estimate of drug-likeness (QED) is 0.755. The van der Waals surface area contributed by atoms with Gasteiger partial charge in [-0.05, 0) is 31.6 Å². The number of hydrogen-bond donors (Lipinski definition) is 2. The summed E-state index contributed by atoms with van der Waals surface area (Å²) in [5.74, 6) is 0.179. The molecule has 0 bridgehead atoms. The predicted molar refractivity (Wildman–Crippen MR) is 83.1 cm³/mol. The Balaban J connectivity index is 2.54. The number of carbonyl (C=O) groups is 2. The zero-order valence-electron chi connectivity index (χ0n) is 13.8. The molecule has 1 rings (SSSR count). The smallest absolute Gasteiger partial charge is 0.317 e. The lowest BCUT2D eigenvalue weighted by Crippen LogP contribution is -2.49. The van der Waals surface area contributed by atoms with Crippen LogP contribution in [0.5, 0.6) is 0 Å². The van der Waals surface area contributed by atoms with Crippen molar-refractivity contribution in [1.82, 2.24) is 10.2 Å². The van der Waals surface area contributed by atoms with E-state index in [1.807, 2.05) is 13.8 Å². The molecule has 2 N–H and O–H groups in total. The molecule has 0 saturated heterocycles. The zero-order chi connectivity index (χ0) is 16.0. The highest BCUT2D eigenvalue weighted by atomic mass is 16.4. The summed E-state index contributed by atoms with van der Waals surface area (Å²) in [6.07, 6.45) is 4.24. The van der Waals surface area contributed by atoms with E-state index in [0.29, 0.717) is 11.8 Å². The van der Waals surface area contributed by atoms with Crippen LogP contribution in [0, 0.1) is 11.8 Å². The summed E-state index contributed by atoms with van der Waals surface area (Å²) in [4.78, 5) is 24.9. The highest BCUT2D eigenvalue weighted by molar-refractivity contribution is 5.79. The number of nitrogens with zero attached hydrogens (tertiary/aromatic N) is 1. The van der Waals surface area contributed by atoms with E-state index >= 15 is 0 Å². The van der Waals surface area contributed by atoms with Crippen LogP contribution < -0.4 is 5.32 Å². The molecule has 1 aliphatic carbocycles. The van der Waals surface area contributed by atoms with Gasteiger partial charge >= 0.3 is 5.97 Å². The summed E-state index contributed by atoms with van der Waals surface area (Å²) < 4.78 is 0. The van der Waals surface area contributed by atoms with Gasteiger partial charge in [0.2, 0.25) is 5.91 Å². The molecule has 0 spiro atoms. The average Bonchev–Trinajstić information content (AvgIpc) is 2.41. The molecule has 0 aliphatic heterocycles. The van der Waals surface area contributed by atoms with Crippen molar-refractivity contribution in [2.24, 2.45) is 11.8 Å². The zero-order valence-corrected chi connectivity index (χ0v) is 13.8. The third-order valence-electron chi connectivity index (χ3n) is 4.95. The average molecular weight is 298 g/mol. The van der Waals surface area contributed by atoms with Crippen molar-refractivity contribution < 1.29 is 14.7 Å². The first-order chi connectivity index (χ1) is 9.85. The van der Waals surface area contributed by atoms with Crippen molar-refractivity contribution in [2.75, 3.05) is 13.1 Å². The SMILES string of the molecule is CC[C@H](C)N(CC(=O)O)CC(=O)N[C@@H]1CCC[C@@H](C)[C@@H]1C. The van der Waals surface area contributed by atoms with Crippen LogP contribution in [-0.4, -0.2) is 47.1 Å². The molecule has 0 aromatic rings. The van der Waals surface area contributed by atoms with Crippen molar-refractivity contribution in [3.8, 4) is 0 Å². The fourth-order valence-corrected chi connectivity index (χ4v) is 3.02. The minimum absolute atomic E-state index is 0.0532. The lowest BCUT2D eigenvalue weighted by Gasteiger charge is -2.35. The minimum atomic E-state index is -0.886. The molecule has 1 amide bonds. The second kappa shape index (κ2) is 8.37. The lowest BCUT2D eigenvalue weighted by molar-refractivity contribution is -0.139. The maximum atomic E-state index is 12.2. The summed E-state index contributed by atoms with van der Waals surface area (Å²) >= 11 is 0. The maximum absolute atomic E-state index is 12.2. The predicted octanol–water partition coefficient (Wildman–Crippen LogP) is 2.11. The van der Waals surface area contributed by atoms with E-state index in [4.69, 9.17) is 5.11 Å². The van der Waals surface area contributed by atoms with Crippen LogP contribution in [0.1, 0.15) is 53.4 Å². The van der Waals surface area contributed by atoms with Gasteiger partial charge in [0.1, 0.15) is 0 Å². The van der Waals surface area contributed by atoms with E-state index in [0.717, 1.165) is 19.3 Å². The van der Waals surface area contributed by atoms with Crippen molar-refractivity contribution >= 4 is 11.9 Å². The second-order valence-corrected chi connectivity index (χ2v) is 6.50. The second-order valence-electron chi connectivity index (χ2n) is 6.50. The number of hydrogen-bond acceptors (Lipinski definition) is 3. The van der Waals surface area contributed by atoms with Gasteiger partial charge in [-0.15, -0.1) is 0 Å². The first kappa shape index (κ1) is 18.0. The monoisotopic (exact) mass is 298 g/mol. The van der Waals surface area contributed by atoms with Crippen molar-refractivity contribution in [1.29, 1.82) is 0 Å². The van der Waals surface area contributed by atoms with Gasteiger partial charge in [-0.3, -0.25) is 14.5 Å².